The second-order valence-corrected chi connectivity index (χ2v) is 8.84. The third-order valence-corrected chi connectivity index (χ3v) is 6.09. The first-order valence-electron chi connectivity index (χ1n) is 10.8. The predicted octanol–water partition coefficient (Wildman–Crippen LogP) is 3.80. The van der Waals surface area contributed by atoms with Gasteiger partial charge in [-0.2, -0.15) is 5.10 Å². The Balaban J connectivity index is 1.46. The van der Waals surface area contributed by atoms with Crippen molar-refractivity contribution in [1.29, 1.82) is 0 Å². The Morgan fingerprint density at radius 2 is 1.56 bits per heavy atom. The Morgan fingerprint density at radius 3 is 2.22 bits per heavy atom. The van der Waals surface area contributed by atoms with Gasteiger partial charge in [-0.3, -0.25) is 35.3 Å². The number of non-ortho nitro benzene ring substituents is 1. The maximum Gasteiger partial charge on any atom is 0.305 e. The van der Waals surface area contributed by atoms with Crippen LogP contribution in [0.1, 0.15) is 61.0 Å². The number of halogens is 1. The molecule has 184 valence electrons. The number of carbonyl (C=O) groups excluding carboxylic acids is 3. The van der Waals surface area contributed by atoms with E-state index in [1.54, 1.807) is 31.2 Å². The molecule has 3 aromatic rings. The highest BCUT2D eigenvalue weighted by molar-refractivity contribution is 9.10. The summed E-state index contributed by atoms with van der Waals surface area (Å²) in [4.78, 5) is 47.7. The molecular weight excluding hydrogens is 534 g/mol. The van der Waals surface area contributed by atoms with E-state index in [0.717, 1.165) is 4.47 Å². The molecule has 11 nitrogen and oxygen atoms in total. The molecular formula is C24H20BrN5O6. The molecule has 1 heterocycles. The largest absolute Gasteiger partial charge is 0.455 e. The van der Waals surface area contributed by atoms with Crippen LogP contribution in [0.15, 0.2) is 62.5 Å². The molecule has 2 aromatic carbocycles. The standard InChI is InChI=1S/C24H20BrN5O6/c1-13-20-18(26-27-22(31)15-7-11-17(12-8-15)30(34)35)3-2-4-19(20)36-21(13)24(33)29-28-23(32)14-5-9-16(25)10-6-14/h5-12H,2-4H2,1H3,(H,27,31)(H,28,32)(H,29,33)/b26-18+. The molecule has 3 N–H and O–H groups in total. The van der Waals surface area contributed by atoms with Gasteiger partial charge in [-0.25, -0.2) is 5.43 Å². The maximum atomic E-state index is 12.7. The monoisotopic (exact) mass is 553 g/mol. The Morgan fingerprint density at radius 1 is 0.944 bits per heavy atom. The molecule has 0 aliphatic heterocycles. The lowest BCUT2D eigenvalue weighted by atomic mass is 9.93. The molecule has 0 saturated carbocycles. The number of furan rings is 1. The molecule has 0 spiro atoms. The van der Waals surface area contributed by atoms with Crippen molar-refractivity contribution in [3.8, 4) is 0 Å². The van der Waals surface area contributed by atoms with Gasteiger partial charge in [0, 0.05) is 45.3 Å². The summed E-state index contributed by atoms with van der Waals surface area (Å²) in [6.07, 6.45) is 1.84. The summed E-state index contributed by atoms with van der Waals surface area (Å²) in [7, 11) is 0. The van der Waals surface area contributed by atoms with Crippen molar-refractivity contribution in [3.63, 3.8) is 0 Å². The molecule has 0 radical (unpaired) electrons. The van der Waals surface area contributed by atoms with E-state index in [0.29, 0.717) is 47.4 Å². The fourth-order valence-electron chi connectivity index (χ4n) is 3.76. The highest BCUT2D eigenvalue weighted by Gasteiger charge is 2.28. The number of carbonyl (C=O) groups is 3. The van der Waals surface area contributed by atoms with E-state index in [4.69, 9.17) is 4.42 Å². The van der Waals surface area contributed by atoms with Crippen molar-refractivity contribution in [1.82, 2.24) is 16.3 Å². The summed E-state index contributed by atoms with van der Waals surface area (Å²) in [6.45, 7) is 1.70. The minimum Gasteiger partial charge on any atom is -0.455 e. The van der Waals surface area contributed by atoms with Crippen molar-refractivity contribution in [2.45, 2.75) is 26.2 Å². The number of rotatable bonds is 5. The topological polar surface area (TPSA) is 156 Å². The van der Waals surface area contributed by atoms with Gasteiger partial charge in [0.15, 0.2) is 5.76 Å². The number of hydrazone groups is 1. The summed E-state index contributed by atoms with van der Waals surface area (Å²) in [5.41, 5.74) is 9.35. The SMILES string of the molecule is Cc1c(C(=O)NNC(=O)c2ccc(Br)cc2)oc2c1/C(=N/NC(=O)c1ccc([N+](=O)[O-])cc1)CCC2. The number of nitro benzene ring substituents is 1. The van der Waals surface area contributed by atoms with Crippen LogP contribution in [0.4, 0.5) is 5.69 Å². The number of amides is 3. The fraction of sp³-hybridized carbons (Fsp3) is 0.167. The zero-order chi connectivity index (χ0) is 25.8. The number of fused-ring (bicyclic) bond motifs is 1. The van der Waals surface area contributed by atoms with Crippen molar-refractivity contribution in [2.24, 2.45) is 5.10 Å². The quantitative estimate of drug-likeness (QED) is 0.322. The minimum atomic E-state index is -0.623. The van der Waals surface area contributed by atoms with Crippen LogP contribution in [0.25, 0.3) is 0 Å². The van der Waals surface area contributed by atoms with Crippen LogP contribution in [0.2, 0.25) is 0 Å². The summed E-state index contributed by atoms with van der Waals surface area (Å²) < 4.78 is 6.60. The Hall–Kier alpha value is -4.32. The lowest BCUT2D eigenvalue weighted by molar-refractivity contribution is -0.384. The molecule has 0 atom stereocenters. The molecule has 0 saturated heterocycles. The van der Waals surface area contributed by atoms with Crippen LogP contribution in [-0.2, 0) is 6.42 Å². The molecule has 12 heteroatoms. The number of hydrogen-bond donors (Lipinski definition) is 3. The number of hydrazine groups is 1. The number of benzene rings is 2. The second-order valence-electron chi connectivity index (χ2n) is 7.93. The fourth-order valence-corrected chi connectivity index (χ4v) is 4.02. The Labute approximate surface area is 213 Å². The van der Waals surface area contributed by atoms with E-state index in [1.165, 1.54) is 24.3 Å². The van der Waals surface area contributed by atoms with E-state index in [1.807, 2.05) is 0 Å². The first-order valence-corrected chi connectivity index (χ1v) is 11.6. The van der Waals surface area contributed by atoms with Crippen LogP contribution in [-0.4, -0.2) is 28.4 Å². The average molecular weight is 554 g/mol. The number of aryl methyl sites for hydroxylation is 1. The summed E-state index contributed by atoms with van der Waals surface area (Å²) in [5, 5.41) is 15.0. The average Bonchev–Trinajstić information content (AvgIpc) is 3.23. The van der Waals surface area contributed by atoms with Gasteiger partial charge in [-0.1, -0.05) is 15.9 Å². The Kier molecular flexibility index (Phi) is 7.25. The predicted molar refractivity (Wildman–Crippen MR) is 133 cm³/mol. The van der Waals surface area contributed by atoms with Crippen LogP contribution in [0.3, 0.4) is 0 Å². The van der Waals surface area contributed by atoms with Crippen molar-refractivity contribution < 1.29 is 23.7 Å². The van der Waals surface area contributed by atoms with Gasteiger partial charge in [0.1, 0.15) is 5.76 Å². The number of nitrogens with one attached hydrogen (secondary N) is 3. The minimum absolute atomic E-state index is 0.0346. The smallest absolute Gasteiger partial charge is 0.305 e. The third-order valence-electron chi connectivity index (χ3n) is 5.56. The van der Waals surface area contributed by atoms with Gasteiger partial charge >= 0.3 is 5.91 Å². The third kappa shape index (κ3) is 5.33. The molecule has 3 amide bonds. The molecule has 0 bridgehead atoms. The van der Waals surface area contributed by atoms with Crippen molar-refractivity contribution >= 4 is 45.1 Å². The van der Waals surface area contributed by atoms with Crippen LogP contribution in [0, 0.1) is 17.0 Å². The number of hydrogen-bond acceptors (Lipinski definition) is 7. The van der Waals surface area contributed by atoms with E-state index in [-0.39, 0.29) is 17.0 Å². The molecule has 1 aliphatic rings. The molecule has 36 heavy (non-hydrogen) atoms. The maximum absolute atomic E-state index is 12.7. The highest BCUT2D eigenvalue weighted by atomic mass is 79.9. The van der Waals surface area contributed by atoms with Gasteiger partial charge in [0.2, 0.25) is 0 Å². The van der Waals surface area contributed by atoms with Crippen LogP contribution in [0.5, 0.6) is 0 Å². The molecule has 0 unspecified atom stereocenters. The first-order chi connectivity index (χ1) is 17.2. The first kappa shape index (κ1) is 24.8. The summed E-state index contributed by atoms with van der Waals surface area (Å²) in [5.74, 6) is -1.04. The summed E-state index contributed by atoms with van der Waals surface area (Å²) >= 11 is 3.30. The normalized spacial score (nSPS) is 13.6. The van der Waals surface area contributed by atoms with Gasteiger partial charge in [0.25, 0.3) is 17.5 Å². The second kappa shape index (κ2) is 10.5. The molecule has 4 rings (SSSR count). The van der Waals surface area contributed by atoms with Gasteiger partial charge in [-0.15, -0.1) is 0 Å². The van der Waals surface area contributed by atoms with Gasteiger partial charge in [-0.05, 0) is 56.2 Å². The zero-order valence-corrected chi connectivity index (χ0v) is 20.5. The van der Waals surface area contributed by atoms with E-state index < -0.39 is 22.6 Å². The number of nitro groups is 1. The van der Waals surface area contributed by atoms with Crippen LogP contribution < -0.4 is 16.3 Å². The van der Waals surface area contributed by atoms with E-state index >= 15 is 0 Å². The zero-order valence-electron chi connectivity index (χ0n) is 19.0. The van der Waals surface area contributed by atoms with E-state index in [9.17, 15) is 24.5 Å². The molecule has 1 aromatic heterocycles. The molecule has 0 fully saturated rings. The Bertz CT molecular complexity index is 1380. The van der Waals surface area contributed by atoms with Crippen LogP contribution >= 0.6 is 15.9 Å². The van der Waals surface area contributed by atoms with Crippen molar-refractivity contribution in [3.05, 3.63) is 96.9 Å². The molecule has 1 aliphatic carbocycles. The highest BCUT2D eigenvalue weighted by Crippen LogP contribution is 2.29. The summed E-state index contributed by atoms with van der Waals surface area (Å²) in [6, 6.07) is 11.8. The van der Waals surface area contributed by atoms with Crippen molar-refractivity contribution in [2.75, 3.05) is 0 Å². The lowest BCUT2D eigenvalue weighted by Gasteiger charge is -2.13. The number of nitrogens with zero attached hydrogens (tertiary/aromatic N) is 2. The lowest BCUT2D eigenvalue weighted by Crippen LogP contribution is -2.41. The van der Waals surface area contributed by atoms with E-state index in [2.05, 4.69) is 37.3 Å². The van der Waals surface area contributed by atoms with Gasteiger partial charge < -0.3 is 4.42 Å². The van der Waals surface area contributed by atoms with Gasteiger partial charge in [0.05, 0.1) is 10.6 Å².